The number of amides is 1. The van der Waals surface area contributed by atoms with Crippen LogP contribution in [0.5, 0.6) is 5.75 Å². The van der Waals surface area contributed by atoms with Gasteiger partial charge < -0.3 is 9.15 Å². The van der Waals surface area contributed by atoms with E-state index in [0.717, 1.165) is 23.3 Å². The van der Waals surface area contributed by atoms with Crippen molar-refractivity contribution in [3.05, 3.63) is 102 Å². The predicted octanol–water partition coefficient (Wildman–Crippen LogP) is 6.16. The summed E-state index contributed by atoms with van der Waals surface area (Å²) in [5.74, 6) is 0.594. The molecule has 8 heteroatoms. The van der Waals surface area contributed by atoms with Crippen LogP contribution in [0, 0.1) is 0 Å². The quantitative estimate of drug-likeness (QED) is 0.263. The molecule has 4 aromatic rings. The molecule has 0 unspecified atom stereocenters. The molecule has 1 amide bonds. The van der Waals surface area contributed by atoms with Gasteiger partial charge in [-0.25, -0.2) is 5.43 Å². The van der Waals surface area contributed by atoms with Crippen molar-refractivity contribution < 1.29 is 27.1 Å². The summed E-state index contributed by atoms with van der Waals surface area (Å²) in [6.07, 6.45) is -3.19. The minimum Gasteiger partial charge on any atom is -0.483 e. The van der Waals surface area contributed by atoms with Gasteiger partial charge in [0.2, 0.25) is 0 Å². The van der Waals surface area contributed by atoms with Crippen molar-refractivity contribution in [3.63, 3.8) is 0 Å². The molecule has 0 bridgehead atoms. The highest BCUT2D eigenvalue weighted by Gasteiger charge is 2.30. The number of alkyl halides is 3. The molecule has 0 fully saturated rings. The second-order valence-electron chi connectivity index (χ2n) is 7.22. The third-order valence-electron chi connectivity index (χ3n) is 4.81. The molecular formula is C26H19F3N2O3. The monoisotopic (exact) mass is 464 g/mol. The highest BCUT2D eigenvalue weighted by atomic mass is 19.4. The maximum Gasteiger partial charge on any atom is 0.416 e. The van der Waals surface area contributed by atoms with E-state index in [1.54, 1.807) is 6.07 Å². The van der Waals surface area contributed by atoms with Gasteiger partial charge in [0.25, 0.3) is 5.91 Å². The Morgan fingerprint density at radius 1 is 0.912 bits per heavy atom. The van der Waals surface area contributed by atoms with Crippen LogP contribution in [0.4, 0.5) is 13.2 Å². The minimum absolute atomic E-state index is 0.250. The van der Waals surface area contributed by atoms with Gasteiger partial charge in [-0.3, -0.25) is 4.79 Å². The fourth-order valence-electron chi connectivity index (χ4n) is 3.22. The lowest BCUT2D eigenvalue weighted by molar-refractivity contribution is -0.137. The van der Waals surface area contributed by atoms with Crippen molar-refractivity contribution >= 4 is 12.1 Å². The molecule has 0 aliphatic heterocycles. The summed E-state index contributed by atoms with van der Waals surface area (Å²) in [5.41, 5.74) is 3.67. The van der Waals surface area contributed by atoms with E-state index in [1.165, 1.54) is 30.5 Å². The van der Waals surface area contributed by atoms with E-state index in [9.17, 15) is 18.0 Å². The van der Waals surface area contributed by atoms with Gasteiger partial charge in [0.1, 0.15) is 17.3 Å². The lowest BCUT2D eigenvalue weighted by Crippen LogP contribution is -2.24. The van der Waals surface area contributed by atoms with Gasteiger partial charge in [0, 0.05) is 11.1 Å². The number of carbonyl (C=O) groups excluding carboxylic acids is 1. The summed E-state index contributed by atoms with van der Waals surface area (Å²) in [6.45, 7) is -0.255. The number of rotatable bonds is 7. The van der Waals surface area contributed by atoms with E-state index in [4.69, 9.17) is 9.15 Å². The fraction of sp³-hybridized carbons (Fsp3) is 0.0769. The number of carbonyl (C=O) groups is 1. The Hall–Kier alpha value is -4.33. The first-order chi connectivity index (χ1) is 16.4. The molecule has 0 aliphatic rings. The summed E-state index contributed by atoms with van der Waals surface area (Å²) < 4.78 is 49.9. The normalized spacial score (nSPS) is 11.5. The number of hydrogen-bond donors (Lipinski definition) is 1. The van der Waals surface area contributed by atoms with Crippen LogP contribution in [0.1, 0.15) is 11.3 Å². The molecule has 3 aromatic carbocycles. The molecule has 0 radical (unpaired) electrons. The number of nitrogens with zero attached hydrogens (tertiary/aromatic N) is 1. The van der Waals surface area contributed by atoms with Crippen LogP contribution in [0.25, 0.3) is 22.5 Å². The summed E-state index contributed by atoms with van der Waals surface area (Å²) in [4.78, 5) is 12.1. The van der Waals surface area contributed by atoms with Crippen molar-refractivity contribution in [3.8, 4) is 28.2 Å². The van der Waals surface area contributed by atoms with Gasteiger partial charge in [-0.15, -0.1) is 0 Å². The molecule has 0 saturated carbocycles. The average molecular weight is 464 g/mol. The van der Waals surface area contributed by atoms with Gasteiger partial charge >= 0.3 is 6.18 Å². The van der Waals surface area contributed by atoms with Crippen molar-refractivity contribution in [1.29, 1.82) is 0 Å². The average Bonchev–Trinajstić information content (AvgIpc) is 3.32. The lowest BCUT2D eigenvalue weighted by atomic mass is 10.1. The standard InChI is InChI=1S/C26H19F3N2O3/c27-26(28,29)20-10-6-9-19(15-20)23-14-13-21(34-23)16-30-31-25(32)17-33-24-12-5-4-11-22(24)18-7-2-1-3-8-18/h1-16H,17H2,(H,31,32)/b30-16+. The molecular weight excluding hydrogens is 445 g/mol. The molecule has 1 heterocycles. The first-order valence-electron chi connectivity index (χ1n) is 10.3. The number of para-hydroxylation sites is 1. The predicted molar refractivity (Wildman–Crippen MR) is 122 cm³/mol. The number of halogens is 3. The van der Waals surface area contributed by atoms with Crippen LogP contribution in [0.15, 0.2) is 101 Å². The summed E-state index contributed by atoms with van der Waals surface area (Å²) >= 11 is 0. The van der Waals surface area contributed by atoms with Gasteiger partial charge in [-0.05, 0) is 35.9 Å². The van der Waals surface area contributed by atoms with E-state index in [0.29, 0.717) is 5.75 Å². The van der Waals surface area contributed by atoms with Gasteiger partial charge in [-0.1, -0.05) is 60.7 Å². The van der Waals surface area contributed by atoms with Gasteiger partial charge in [0.15, 0.2) is 6.61 Å². The number of furan rings is 1. The summed E-state index contributed by atoms with van der Waals surface area (Å²) in [5, 5.41) is 3.82. The first kappa shape index (κ1) is 22.8. The Labute approximate surface area is 193 Å². The zero-order valence-electron chi connectivity index (χ0n) is 17.8. The van der Waals surface area contributed by atoms with Crippen LogP contribution in [-0.2, 0) is 11.0 Å². The van der Waals surface area contributed by atoms with E-state index < -0.39 is 17.6 Å². The second kappa shape index (κ2) is 10.1. The van der Waals surface area contributed by atoms with Crippen molar-refractivity contribution in [1.82, 2.24) is 5.43 Å². The van der Waals surface area contributed by atoms with E-state index in [1.807, 2.05) is 48.5 Å². The highest BCUT2D eigenvalue weighted by molar-refractivity contribution is 5.82. The van der Waals surface area contributed by atoms with Crippen molar-refractivity contribution in [2.75, 3.05) is 6.61 Å². The Morgan fingerprint density at radius 3 is 2.44 bits per heavy atom. The summed E-state index contributed by atoms with van der Waals surface area (Å²) in [7, 11) is 0. The van der Waals surface area contributed by atoms with Crippen LogP contribution >= 0.6 is 0 Å². The molecule has 0 aliphatic carbocycles. The Morgan fingerprint density at radius 2 is 1.65 bits per heavy atom. The molecule has 1 aromatic heterocycles. The third kappa shape index (κ3) is 5.72. The van der Waals surface area contributed by atoms with Crippen LogP contribution < -0.4 is 10.2 Å². The van der Waals surface area contributed by atoms with E-state index in [2.05, 4.69) is 10.5 Å². The van der Waals surface area contributed by atoms with Crippen molar-refractivity contribution in [2.45, 2.75) is 6.18 Å². The van der Waals surface area contributed by atoms with Crippen LogP contribution in [0.2, 0.25) is 0 Å². The van der Waals surface area contributed by atoms with E-state index in [-0.39, 0.29) is 23.7 Å². The highest BCUT2D eigenvalue weighted by Crippen LogP contribution is 2.32. The third-order valence-corrected chi connectivity index (χ3v) is 4.81. The molecule has 172 valence electrons. The number of benzene rings is 3. The molecule has 1 N–H and O–H groups in total. The van der Waals surface area contributed by atoms with Crippen LogP contribution in [0.3, 0.4) is 0 Å². The van der Waals surface area contributed by atoms with Crippen molar-refractivity contribution in [2.24, 2.45) is 5.10 Å². The molecule has 0 saturated heterocycles. The second-order valence-corrected chi connectivity index (χ2v) is 7.22. The topological polar surface area (TPSA) is 63.8 Å². The van der Waals surface area contributed by atoms with Crippen LogP contribution in [-0.4, -0.2) is 18.7 Å². The lowest BCUT2D eigenvalue weighted by Gasteiger charge is -2.10. The Balaban J connectivity index is 1.34. The van der Waals surface area contributed by atoms with Gasteiger partial charge in [-0.2, -0.15) is 18.3 Å². The molecule has 34 heavy (non-hydrogen) atoms. The largest absolute Gasteiger partial charge is 0.483 e. The first-order valence-corrected chi connectivity index (χ1v) is 10.3. The number of ether oxygens (including phenoxy) is 1. The molecule has 0 atom stereocenters. The zero-order chi connectivity index (χ0) is 24.0. The molecule has 0 spiro atoms. The number of hydrazone groups is 1. The Kier molecular flexibility index (Phi) is 6.77. The molecule has 5 nitrogen and oxygen atoms in total. The number of hydrogen-bond acceptors (Lipinski definition) is 4. The fourth-order valence-corrected chi connectivity index (χ4v) is 3.22. The Bertz CT molecular complexity index is 1300. The zero-order valence-corrected chi connectivity index (χ0v) is 17.8. The molecule has 4 rings (SSSR count). The van der Waals surface area contributed by atoms with Gasteiger partial charge in [0.05, 0.1) is 11.8 Å². The summed E-state index contributed by atoms with van der Waals surface area (Å²) in [6, 6.07) is 24.9. The van der Waals surface area contributed by atoms with E-state index >= 15 is 0 Å². The minimum atomic E-state index is -4.44. The maximum atomic E-state index is 12.9. The SMILES string of the molecule is O=C(COc1ccccc1-c1ccccc1)N/N=C/c1ccc(-c2cccc(C(F)(F)F)c2)o1. The number of nitrogens with one attached hydrogen (secondary N) is 1. The smallest absolute Gasteiger partial charge is 0.416 e. The maximum absolute atomic E-state index is 12.9.